The van der Waals surface area contributed by atoms with Crippen LogP contribution >= 0.6 is 0 Å². The van der Waals surface area contributed by atoms with Gasteiger partial charge in [0.1, 0.15) is 18.1 Å². The highest BCUT2D eigenvalue weighted by Crippen LogP contribution is 2.19. The molecule has 22 heavy (non-hydrogen) atoms. The van der Waals surface area contributed by atoms with E-state index in [1.165, 1.54) is 6.08 Å². The van der Waals surface area contributed by atoms with Crippen molar-refractivity contribution < 1.29 is 19.0 Å². The third-order valence-electron chi connectivity index (χ3n) is 2.92. The Morgan fingerprint density at radius 1 is 1.14 bits per heavy atom. The van der Waals surface area contributed by atoms with E-state index in [1.54, 1.807) is 0 Å². The summed E-state index contributed by atoms with van der Waals surface area (Å²) < 4.78 is 16.4. The van der Waals surface area contributed by atoms with E-state index in [0.717, 1.165) is 23.5 Å². The summed E-state index contributed by atoms with van der Waals surface area (Å²) in [6.07, 6.45) is 2.51. The van der Waals surface area contributed by atoms with Crippen molar-refractivity contribution in [2.45, 2.75) is 53.2 Å². The summed E-state index contributed by atoms with van der Waals surface area (Å²) in [6.45, 7) is 9.94. The summed E-state index contributed by atoms with van der Waals surface area (Å²) in [6, 6.07) is 7.48. The third-order valence-corrected chi connectivity index (χ3v) is 2.92. The highest BCUT2D eigenvalue weighted by Gasteiger charge is 2.04. The molecular weight excluding hydrogens is 280 g/mol. The lowest BCUT2D eigenvalue weighted by molar-refractivity contribution is -0.141. The van der Waals surface area contributed by atoms with Gasteiger partial charge in [-0.15, -0.1) is 0 Å². The second-order valence-electron chi connectivity index (χ2n) is 5.57. The van der Waals surface area contributed by atoms with E-state index >= 15 is 0 Å². The van der Waals surface area contributed by atoms with Crippen LogP contribution in [0.1, 0.15) is 41.0 Å². The molecule has 1 aromatic rings. The zero-order valence-corrected chi connectivity index (χ0v) is 14.1. The van der Waals surface area contributed by atoms with Gasteiger partial charge < -0.3 is 14.2 Å². The molecule has 0 aliphatic heterocycles. The van der Waals surface area contributed by atoms with Crippen molar-refractivity contribution in [2.75, 3.05) is 6.61 Å². The van der Waals surface area contributed by atoms with Crippen molar-refractivity contribution in [1.29, 1.82) is 0 Å². The molecule has 1 atom stereocenters. The summed E-state index contributed by atoms with van der Waals surface area (Å²) in [5.41, 5.74) is 0.811. The normalized spacial score (nSPS) is 12.9. The molecule has 0 amide bonds. The summed E-state index contributed by atoms with van der Waals surface area (Å²) in [4.78, 5) is 11.5. The average Bonchev–Trinajstić information content (AvgIpc) is 2.45. The van der Waals surface area contributed by atoms with Gasteiger partial charge >= 0.3 is 5.97 Å². The van der Waals surface area contributed by atoms with E-state index in [0.29, 0.717) is 6.61 Å². The van der Waals surface area contributed by atoms with Gasteiger partial charge in [0.2, 0.25) is 0 Å². The van der Waals surface area contributed by atoms with E-state index in [4.69, 9.17) is 14.2 Å². The molecule has 0 spiro atoms. The minimum absolute atomic E-state index is 0.115. The topological polar surface area (TPSA) is 44.8 Å². The quantitative estimate of drug-likeness (QED) is 0.535. The highest BCUT2D eigenvalue weighted by atomic mass is 16.5. The number of carbonyl (C=O) groups is 1. The molecule has 1 aromatic carbocycles. The fourth-order valence-corrected chi connectivity index (χ4v) is 1.64. The molecule has 4 nitrogen and oxygen atoms in total. The van der Waals surface area contributed by atoms with Crippen LogP contribution in [0.5, 0.6) is 11.5 Å². The van der Waals surface area contributed by atoms with Crippen LogP contribution in [0.2, 0.25) is 0 Å². The number of hydrogen-bond acceptors (Lipinski definition) is 4. The molecule has 1 rings (SSSR count). The van der Waals surface area contributed by atoms with Gasteiger partial charge in [-0.25, -0.2) is 4.79 Å². The van der Waals surface area contributed by atoms with Crippen LogP contribution in [0, 0.1) is 0 Å². The van der Waals surface area contributed by atoms with Crippen molar-refractivity contribution in [2.24, 2.45) is 0 Å². The molecule has 0 aliphatic carbocycles. The summed E-state index contributed by atoms with van der Waals surface area (Å²) in [7, 11) is 0. The van der Waals surface area contributed by atoms with Crippen LogP contribution in [-0.4, -0.2) is 24.8 Å². The molecule has 0 bridgehead atoms. The first-order chi connectivity index (χ1) is 10.4. The van der Waals surface area contributed by atoms with Crippen LogP contribution in [0.15, 0.2) is 35.9 Å². The fourth-order valence-electron chi connectivity index (χ4n) is 1.64. The molecular formula is C18H26O4. The lowest BCUT2D eigenvalue weighted by atomic mass is 10.3. The van der Waals surface area contributed by atoms with Gasteiger partial charge in [-0.2, -0.15) is 0 Å². The minimum atomic E-state index is -0.339. The van der Waals surface area contributed by atoms with Crippen molar-refractivity contribution in [3.8, 4) is 11.5 Å². The maximum Gasteiger partial charge on any atom is 0.331 e. The van der Waals surface area contributed by atoms with Gasteiger partial charge in [-0.05, 0) is 64.0 Å². The van der Waals surface area contributed by atoms with Crippen LogP contribution in [0.4, 0.5) is 0 Å². The zero-order valence-electron chi connectivity index (χ0n) is 14.1. The monoisotopic (exact) mass is 306 g/mol. The summed E-state index contributed by atoms with van der Waals surface area (Å²) in [5.74, 6) is 1.23. The van der Waals surface area contributed by atoms with Crippen molar-refractivity contribution in [3.05, 3.63) is 35.9 Å². The Labute approximate surface area is 133 Å². The van der Waals surface area contributed by atoms with E-state index in [1.807, 2.05) is 52.0 Å². The molecule has 0 aromatic heterocycles. The Bertz CT molecular complexity index is 488. The Hall–Kier alpha value is -1.97. The average molecular weight is 306 g/mol. The Balaban J connectivity index is 2.47. The summed E-state index contributed by atoms with van der Waals surface area (Å²) in [5, 5.41) is 0. The second kappa shape index (κ2) is 9.13. The van der Waals surface area contributed by atoms with Gasteiger partial charge in [-0.1, -0.05) is 6.92 Å². The molecule has 0 heterocycles. The molecule has 122 valence electrons. The molecule has 0 radical (unpaired) electrons. The minimum Gasteiger partial charge on any atom is -0.491 e. The second-order valence-corrected chi connectivity index (χ2v) is 5.57. The number of hydrogen-bond donors (Lipinski definition) is 0. The van der Waals surface area contributed by atoms with Crippen LogP contribution in [0.25, 0.3) is 0 Å². The van der Waals surface area contributed by atoms with E-state index in [2.05, 4.69) is 6.92 Å². The van der Waals surface area contributed by atoms with E-state index < -0.39 is 0 Å². The van der Waals surface area contributed by atoms with Gasteiger partial charge in [0.05, 0.1) is 12.2 Å². The number of carbonyl (C=O) groups excluding carboxylic acids is 1. The maximum atomic E-state index is 11.5. The smallest absolute Gasteiger partial charge is 0.331 e. The summed E-state index contributed by atoms with van der Waals surface area (Å²) >= 11 is 0. The predicted molar refractivity (Wildman–Crippen MR) is 87.3 cm³/mol. The molecule has 0 saturated carbocycles. The molecule has 0 N–H and O–H groups in total. The molecule has 4 heteroatoms. The largest absolute Gasteiger partial charge is 0.491 e. The molecule has 1 unspecified atom stereocenters. The lowest BCUT2D eigenvalue weighted by Gasteiger charge is -2.13. The third kappa shape index (κ3) is 7.16. The highest BCUT2D eigenvalue weighted by molar-refractivity contribution is 5.82. The number of ether oxygens (including phenoxy) is 3. The number of rotatable bonds is 8. The van der Waals surface area contributed by atoms with Gasteiger partial charge in [0.15, 0.2) is 0 Å². The van der Waals surface area contributed by atoms with Gasteiger partial charge in [0.25, 0.3) is 0 Å². The maximum absolute atomic E-state index is 11.5. The first-order valence-corrected chi connectivity index (χ1v) is 7.68. The molecule has 0 fully saturated rings. The Kier molecular flexibility index (Phi) is 7.50. The van der Waals surface area contributed by atoms with Crippen LogP contribution in [0.3, 0.4) is 0 Å². The Morgan fingerprint density at radius 3 is 2.27 bits per heavy atom. The molecule has 0 saturated heterocycles. The van der Waals surface area contributed by atoms with Crippen LogP contribution < -0.4 is 9.47 Å². The Morgan fingerprint density at radius 2 is 1.73 bits per heavy atom. The fraction of sp³-hybridized carbons (Fsp3) is 0.500. The number of esters is 1. The number of benzene rings is 1. The first-order valence-electron chi connectivity index (χ1n) is 7.68. The molecule has 0 aliphatic rings. The van der Waals surface area contributed by atoms with E-state index in [9.17, 15) is 4.79 Å². The SMILES string of the molecule is CCC(C)Oc1ccc(OC/C(C)=C/C(=O)OC(C)C)cc1. The van der Waals surface area contributed by atoms with Crippen molar-refractivity contribution in [1.82, 2.24) is 0 Å². The van der Waals surface area contributed by atoms with Crippen LogP contribution in [-0.2, 0) is 9.53 Å². The van der Waals surface area contributed by atoms with E-state index in [-0.39, 0.29) is 18.2 Å². The standard InChI is InChI=1S/C18H26O4/c1-6-15(5)22-17-9-7-16(8-10-17)20-12-14(4)11-18(19)21-13(2)3/h7-11,13,15H,6,12H2,1-5H3/b14-11+. The van der Waals surface area contributed by atoms with Crippen molar-refractivity contribution >= 4 is 5.97 Å². The predicted octanol–water partition coefficient (Wildman–Crippen LogP) is 4.14. The first kappa shape index (κ1) is 18.1. The zero-order chi connectivity index (χ0) is 16.5. The van der Waals surface area contributed by atoms with Gasteiger partial charge in [-0.3, -0.25) is 0 Å². The van der Waals surface area contributed by atoms with Crippen molar-refractivity contribution in [3.63, 3.8) is 0 Å². The van der Waals surface area contributed by atoms with Gasteiger partial charge in [0, 0.05) is 6.08 Å². The lowest BCUT2D eigenvalue weighted by Crippen LogP contribution is -2.10.